The fourth-order valence-electron chi connectivity index (χ4n) is 2.70. The summed E-state index contributed by atoms with van der Waals surface area (Å²) in [6, 6.07) is 8.93. The number of benzene rings is 1. The lowest BCUT2D eigenvalue weighted by molar-refractivity contribution is -0.141. The molecule has 0 aliphatic rings. The first-order chi connectivity index (χ1) is 13.1. The topological polar surface area (TPSA) is 81.5 Å². The average Bonchev–Trinajstić information content (AvgIpc) is 3.22. The fraction of sp³-hybridized carbons (Fsp3) is 0.400. The van der Waals surface area contributed by atoms with Crippen molar-refractivity contribution in [1.82, 2.24) is 14.5 Å². The summed E-state index contributed by atoms with van der Waals surface area (Å²) < 4.78 is 6.59. The van der Waals surface area contributed by atoms with Crippen LogP contribution in [-0.2, 0) is 20.9 Å². The molecule has 1 aromatic carbocycles. The average molecular weight is 371 g/mol. The molecule has 0 saturated heterocycles. The number of nitrogens with zero attached hydrogens (tertiary/aromatic N) is 3. The van der Waals surface area contributed by atoms with Crippen molar-refractivity contribution in [2.45, 2.75) is 32.2 Å². The number of hydrogen-bond donors (Lipinski definition) is 0. The van der Waals surface area contributed by atoms with Crippen molar-refractivity contribution in [3.8, 4) is 0 Å². The zero-order valence-corrected chi connectivity index (χ0v) is 15.5. The number of esters is 1. The van der Waals surface area contributed by atoms with Gasteiger partial charge in [0.1, 0.15) is 0 Å². The maximum absolute atomic E-state index is 12.6. The molecule has 0 fully saturated rings. The van der Waals surface area contributed by atoms with Crippen LogP contribution in [0.15, 0.2) is 49.1 Å². The van der Waals surface area contributed by atoms with Crippen LogP contribution < -0.4 is 0 Å². The molecule has 7 nitrogen and oxygen atoms in total. The molecule has 1 aromatic heterocycles. The number of imidazole rings is 1. The molecule has 0 aliphatic heterocycles. The SMILES string of the molecule is COC(=O)CCN(CCCn1ccnc1)C(=O)CCC(=O)c1ccccc1. The van der Waals surface area contributed by atoms with Crippen LogP contribution in [0.3, 0.4) is 0 Å². The fourth-order valence-corrected chi connectivity index (χ4v) is 2.70. The highest BCUT2D eigenvalue weighted by Gasteiger charge is 2.17. The maximum Gasteiger partial charge on any atom is 0.307 e. The second kappa shape index (κ2) is 10.9. The Labute approximate surface area is 158 Å². The van der Waals surface area contributed by atoms with Crippen molar-refractivity contribution in [3.63, 3.8) is 0 Å². The highest BCUT2D eigenvalue weighted by Crippen LogP contribution is 2.08. The molecule has 27 heavy (non-hydrogen) atoms. The van der Waals surface area contributed by atoms with Crippen molar-refractivity contribution >= 4 is 17.7 Å². The van der Waals surface area contributed by atoms with Gasteiger partial charge in [0.15, 0.2) is 5.78 Å². The summed E-state index contributed by atoms with van der Waals surface area (Å²) in [7, 11) is 1.33. The Kier molecular flexibility index (Phi) is 8.22. The third-order valence-electron chi connectivity index (χ3n) is 4.23. The van der Waals surface area contributed by atoms with Gasteiger partial charge >= 0.3 is 5.97 Å². The zero-order chi connectivity index (χ0) is 19.5. The van der Waals surface area contributed by atoms with Crippen molar-refractivity contribution in [3.05, 3.63) is 54.6 Å². The van der Waals surface area contributed by atoms with Crippen LogP contribution in [0.4, 0.5) is 0 Å². The van der Waals surface area contributed by atoms with Gasteiger partial charge in [-0.05, 0) is 6.42 Å². The number of rotatable bonds is 11. The number of hydrogen-bond acceptors (Lipinski definition) is 5. The van der Waals surface area contributed by atoms with E-state index in [0.29, 0.717) is 12.1 Å². The van der Waals surface area contributed by atoms with E-state index in [0.717, 1.165) is 13.0 Å². The molecule has 0 saturated carbocycles. The molecule has 1 heterocycles. The van der Waals surface area contributed by atoms with E-state index in [2.05, 4.69) is 9.72 Å². The van der Waals surface area contributed by atoms with Crippen molar-refractivity contribution in [2.75, 3.05) is 20.2 Å². The standard InChI is InChI=1S/C20H25N3O4/c1-27-20(26)10-14-23(13-5-12-22-15-11-21-16-22)19(25)9-8-18(24)17-6-3-2-4-7-17/h2-4,6-7,11,15-16H,5,8-10,12-14H2,1H3. The lowest BCUT2D eigenvalue weighted by Gasteiger charge is -2.22. The number of carbonyl (C=O) groups excluding carboxylic acids is 3. The molecular weight excluding hydrogens is 346 g/mol. The first-order valence-corrected chi connectivity index (χ1v) is 8.98. The lowest BCUT2D eigenvalue weighted by Crippen LogP contribution is -2.34. The van der Waals surface area contributed by atoms with Crippen LogP contribution in [0.1, 0.15) is 36.0 Å². The van der Waals surface area contributed by atoms with E-state index in [1.807, 2.05) is 16.8 Å². The van der Waals surface area contributed by atoms with Crippen LogP contribution in [0, 0.1) is 0 Å². The summed E-state index contributed by atoms with van der Waals surface area (Å²) in [4.78, 5) is 41.8. The minimum absolute atomic E-state index is 0.0599. The highest BCUT2D eigenvalue weighted by atomic mass is 16.5. The number of methoxy groups -OCH3 is 1. The molecule has 0 atom stereocenters. The zero-order valence-electron chi connectivity index (χ0n) is 15.5. The Morgan fingerprint density at radius 2 is 1.85 bits per heavy atom. The van der Waals surface area contributed by atoms with Crippen LogP contribution in [0.25, 0.3) is 0 Å². The molecule has 0 N–H and O–H groups in total. The molecule has 2 aromatic rings. The maximum atomic E-state index is 12.6. The number of ether oxygens (including phenoxy) is 1. The number of ketones is 1. The largest absolute Gasteiger partial charge is 0.469 e. The van der Waals surface area contributed by atoms with Crippen LogP contribution in [-0.4, -0.2) is 52.3 Å². The molecular formula is C20H25N3O4. The highest BCUT2D eigenvalue weighted by molar-refractivity contribution is 5.97. The predicted octanol–water partition coefficient (Wildman–Crippen LogP) is 2.33. The number of aromatic nitrogens is 2. The second-order valence-electron chi connectivity index (χ2n) is 6.15. The first-order valence-electron chi connectivity index (χ1n) is 8.98. The van der Waals surface area contributed by atoms with Gasteiger partial charge in [0.05, 0.1) is 19.9 Å². The minimum Gasteiger partial charge on any atom is -0.469 e. The molecule has 0 aliphatic carbocycles. The monoisotopic (exact) mass is 371 g/mol. The molecule has 0 radical (unpaired) electrons. The lowest BCUT2D eigenvalue weighted by atomic mass is 10.1. The van der Waals surface area contributed by atoms with Gasteiger partial charge in [-0.25, -0.2) is 4.98 Å². The molecule has 2 rings (SSSR count). The number of amides is 1. The summed E-state index contributed by atoms with van der Waals surface area (Å²) in [5.74, 6) is -0.549. The Balaban J connectivity index is 1.86. The third kappa shape index (κ3) is 7.05. The molecule has 0 spiro atoms. The van der Waals surface area contributed by atoms with Gasteiger partial charge in [-0.3, -0.25) is 14.4 Å². The van der Waals surface area contributed by atoms with Crippen molar-refractivity contribution in [1.29, 1.82) is 0 Å². The van der Waals surface area contributed by atoms with E-state index in [1.54, 1.807) is 41.7 Å². The van der Waals surface area contributed by atoms with Gasteiger partial charge in [0.25, 0.3) is 0 Å². The van der Waals surface area contributed by atoms with Gasteiger partial charge in [-0.2, -0.15) is 0 Å². The molecule has 0 bridgehead atoms. The van der Waals surface area contributed by atoms with Crippen LogP contribution in [0.2, 0.25) is 0 Å². The Morgan fingerprint density at radius 1 is 1.07 bits per heavy atom. The molecule has 7 heteroatoms. The van der Waals surface area contributed by atoms with E-state index in [-0.39, 0.29) is 43.5 Å². The van der Waals surface area contributed by atoms with E-state index in [9.17, 15) is 14.4 Å². The molecule has 1 amide bonds. The quantitative estimate of drug-likeness (QED) is 0.447. The number of Topliss-reactive ketones (excluding diaryl/α,β-unsaturated/α-hetero) is 1. The normalized spacial score (nSPS) is 10.4. The first kappa shape index (κ1) is 20.4. The van der Waals surface area contributed by atoms with Crippen LogP contribution >= 0.6 is 0 Å². The van der Waals surface area contributed by atoms with Crippen molar-refractivity contribution < 1.29 is 19.1 Å². The summed E-state index contributed by atoms with van der Waals surface area (Å²) in [5, 5.41) is 0. The second-order valence-corrected chi connectivity index (χ2v) is 6.15. The smallest absolute Gasteiger partial charge is 0.307 e. The van der Waals surface area contributed by atoms with Gasteiger partial charge in [0, 0.05) is 50.4 Å². The number of carbonyl (C=O) groups is 3. The Bertz CT molecular complexity index is 729. The Hall–Kier alpha value is -2.96. The van der Waals surface area contributed by atoms with E-state index < -0.39 is 0 Å². The van der Waals surface area contributed by atoms with Crippen molar-refractivity contribution in [2.24, 2.45) is 0 Å². The van der Waals surface area contributed by atoms with E-state index >= 15 is 0 Å². The molecule has 0 unspecified atom stereocenters. The predicted molar refractivity (Wildman–Crippen MR) is 100 cm³/mol. The summed E-state index contributed by atoms with van der Waals surface area (Å²) in [6.07, 6.45) is 6.43. The number of aryl methyl sites for hydroxylation is 1. The van der Waals surface area contributed by atoms with E-state index in [1.165, 1.54) is 7.11 Å². The van der Waals surface area contributed by atoms with Gasteiger partial charge in [-0.15, -0.1) is 0 Å². The summed E-state index contributed by atoms with van der Waals surface area (Å²) in [5.41, 5.74) is 0.603. The molecule has 144 valence electrons. The third-order valence-corrected chi connectivity index (χ3v) is 4.23. The summed E-state index contributed by atoms with van der Waals surface area (Å²) in [6.45, 7) is 1.52. The van der Waals surface area contributed by atoms with Crippen LogP contribution in [0.5, 0.6) is 0 Å². The Morgan fingerprint density at radius 3 is 2.52 bits per heavy atom. The minimum atomic E-state index is -0.359. The van der Waals surface area contributed by atoms with Gasteiger partial charge in [-0.1, -0.05) is 30.3 Å². The van der Waals surface area contributed by atoms with E-state index in [4.69, 9.17) is 0 Å². The van der Waals surface area contributed by atoms with Gasteiger partial charge in [0.2, 0.25) is 5.91 Å². The van der Waals surface area contributed by atoms with Gasteiger partial charge < -0.3 is 14.2 Å². The summed E-state index contributed by atoms with van der Waals surface area (Å²) >= 11 is 0.